The number of nitrogens with one attached hydrogen (secondary N) is 1. The van der Waals surface area contributed by atoms with Gasteiger partial charge in [0.2, 0.25) is 0 Å². The molecular formula is C20H23N5O. The quantitative estimate of drug-likeness (QED) is 0.740. The Kier molecular flexibility index (Phi) is 4.53. The summed E-state index contributed by atoms with van der Waals surface area (Å²) in [4.78, 5) is 0. The summed E-state index contributed by atoms with van der Waals surface area (Å²) < 4.78 is 1.63. The monoisotopic (exact) mass is 349 g/mol. The Morgan fingerprint density at radius 1 is 1.19 bits per heavy atom. The predicted molar refractivity (Wildman–Crippen MR) is 98.8 cm³/mol. The molecule has 0 saturated carbocycles. The Labute approximate surface area is 152 Å². The molecule has 1 aliphatic carbocycles. The summed E-state index contributed by atoms with van der Waals surface area (Å²) in [5.41, 5.74) is 3.62. The molecule has 134 valence electrons. The summed E-state index contributed by atoms with van der Waals surface area (Å²) >= 11 is 0. The molecule has 6 nitrogen and oxygen atoms in total. The van der Waals surface area contributed by atoms with Crippen molar-refractivity contribution in [1.29, 1.82) is 0 Å². The van der Waals surface area contributed by atoms with E-state index in [0.717, 1.165) is 36.1 Å². The van der Waals surface area contributed by atoms with Gasteiger partial charge in [-0.3, -0.25) is 0 Å². The minimum Gasteiger partial charge on any atom is -0.384 e. The van der Waals surface area contributed by atoms with Gasteiger partial charge in [-0.1, -0.05) is 36.4 Å². The lowest BCUT2D eigenvalue weighted by Crippen LogP contribution is -2.41. The molecule has 2 aromatic carbocycles. The molecule has 26 heavy (non-hydrogen) atoms. The molecular weight excluding hydrogens is 326 g/mol. The van der Waals surface area contributed by atoms with E-state index in [9.17, 15) is 5.11 Å². The van der Waals surface area contributed by atoms with Gasteiger partial charge >= 0.3 is 0 Å². The van der Waals surface area contributed by atoms with Gasteiger partial charge in [0.15, 0.2) is 0 Å². The molecule has 0 radical (unpaired) electrons. The van der Waals surface area contributed by atoms with Crippen LogP contribution in [0.3, 0.4) is 0 Å². The predicted octanol–water partition coefficient (Wildman–Crippen LogP) is 2.54. The lowest BCUT2D eigenvalue weighted by atomic mass is 9.79. The van der Waals surface area contributed by atoms with Gasteiger partial charge in [-0.05, 0) is 65.4 Å². The second-order valence-corrected chi connectivity index (χ2v) is 6.99. The SMILES string of the molecule is CC(NCC1(O)CCCc2ccccc21)c1ccc(-n2cnnn2)cc1. The summed E-state index contributed by atoms with van der Waals surface area (Å²) in [6, 6.07) is 16.5. The Morgan fingerprint density at radius 3 is 2.77 bits per heavy atom. The fraction of sp³-hybridized carbons (Fsp3) is 0.350. The lowest BCUT2D eigenvalue weighted by Gasteiger charge is -2.35. The van der Waals surface area contributed by atoms with Crippen LogP contribution in [0.4, 0.5) is 0 Å². The zero-order chi connectivity index (χ0) is 18.0. The van der Waals surface area contributed by atoms with Crippen LogP contribution in [0.2, 0.25) is 0 Å². The summed E-state index contributed by atoms with van der Waals surface area (Å²) in [6.07, 6.45) is 4.44. The number of aryl methyl sites for hydroxylation is 1. The van der Waals surface area contributed by atoms with Crippen molar-refractivity contribution in [2.75, 3.05) is 6.54 Å². The van der Waals surface area contributed by atoms with Crippen molar-refractivity contribution < 1.29 is 5.11 Å². The van der Waals surface area contributed by atoms with Crippen molar-refractivity contribution in [3.05, 3.63) is 71.5 Å². The van der Waals surface area contributed by atoms with Gasteiger partial charge in [0.05, 0.1) is 5.69 Å². The summed E-state index contributed by atoms with van der Waals surface area (Å²) in [7, 11) is 0. The standard InChI is InChI=1S/C20H23N5O/c1-15(16-8-10-18(11-9-16)25-14-22-23-24-25)21-13-20(26)12-4-6-17-5-2-3-7-19(17)20/h2-3,5,7-11,14-15,21,26H,4,6,12-13H2,1H3. The summed E-state index contributed by atoms with van der Waals surface area (Å²) in [5.74, 6) is 0. The molecule has 1 aliphatic rings. The highest BCUT2D eigenvalue weighted by Gasteiger charge is 2.34. The first-order valence-electron chi connectivity index (χ1n) is 9.03. The number of aromatic nitrogens is 4. The van der Waals surface area contributed by atoms with Crippen LogP contribution in [-0.4, -0.2) is 31.9 Å². The van der Waals surface area contributed by atoms with Crippen molar-refractivity contribution in [2.24, 2.45) is 0 Å². The third kappa shape index (κ3) is 3.25. The van der Waals surface area contributed by atoms with Crippen LogP contribution in [0.25, 0.3) is 5.69 Å². The van der Waals surface area contributed by atoms with Crippen LogP contribution >= 0.6 is 0 Å². The largest absolute Gasteiger partial charge is 0.384 e. The number of tetrazole rings is 1. The van der Waals surface area contributed by atoms with E-state index in [-0.39, 0.29) is 6.04 Å². The lowest BCUT2D eigenvalue weighted by molar-refractivity contribution is 0.0170. The smallest absolute Gasteiger partial charge is 0.143 e. The number of hydrogen-bond donors (Lipinski definition) is 2. The van der Waals surface area contributed by atoms with Crippen molar-refractivity contribution in [3.8, 4) is 5.69 Å². The molecule has 0 bridgehead atoms. The first kappa shape index (κ1) is 16.9. The van der Waals surface area contributed by atoms with Gasteiger partial charge in [-0.25, -0.2) is 4.68 Å². The van der Waals surface area contributed by atoms with Crippen LogP contribution in [0, 0.1) is 0 Å². The highest BCUT2D eigenvalue weighted by atomic mass is 16.3. The number of nitrogens with zero attached hydrogens (tertiary/aromatic N) is 4. The second kappa shape index (κ2) is 6.97. The van der Waals surface area contributed by atoms with E-state index >= 15 is 0 Å². The van der Waals surface area contributed by atoms with Crippen molar-refractivity contribution in [1.82, 2.24) is 25.5 Å². The average Bonchev–Trinajstić information content (AvgIpc) is 3.22. The second-order valence-electron chi connectivity index (χ2n) is 6.99. The van der Waals surface area contributed by atoms with Crippen LogP contribution in [0.5, 0.6) is 0 Å². The molecule has 0 spiro atoms. The van der Waals surface area contributed by atoms with Crippen molar-refractivity contribution in [2.45, 2.75) is 37.8 Å². The first-order valence-corrected chi connectivity index (χ1v) is 9.03. The first-order chi connectivity index (χ1) is 12.7. The maximum Gasteiger partial charge on any atom is 0.143 e. The number of rotatable bonds is 5. The molecule has 3 aromatic rings. The molecule has 1 aromatic heterocycles. The van der Waals surface area contributed by atoms with Crippen molar-refractivity contribution in [3.63, 3.8) is 0 Å². The molecule has 0 amide bonds. The summed E-state index contributed by atoms with van der Waals surface area (Å²) in [5, 5.41) is 25.9. The van der Waals surface area contributed by atoms with E-state index in [1.807, 2.05) is 24.3 Å². The maximum absolute atomic E-state index is 11.2. The topological polar surface area (TPSA) is 75.9 Å². The number of aliphatic hydroxyl groups is 1. The minimum absolute atomic E-state index is 0.135. The maximum atomic E-state index is 11.2. The fourth-order valence-corrected chi connectivity index (χ4v) is 3.72. The highest BCUT2D eigenvalue weighted by Crippen LogP contribution is 2.35. The number of fused-ring (bicyclic) bond motifs is 1. The number of benzene rings is 2. The zero-order valence-electron chi connectivity index (χ0n) is 14.8. The molecule has 2 atom stereocenters. The molecule has 0 saturated heterocycles. The van der Waals surface area contributed by atoms with Crippen LogP contribution in [-0.2, 0) is 12.0 Å². The van der Waals surface area contributed by atoms with E-state index in [2.05, 4.69) is 52.0 Å². The van der Waals surface area contributed by atoms with Gasteiger partial charge < -0.3 is 10.4 Å². The highest BCUT2D eigenvalue weighted by molar-refractivity contribution is 5.36. The van der Waals surface area contributed by atoms with Crippen molar-refractivity contribution >= 4 is 0 Å². The van der Waals surface area contributed by atoms with Crippen LogP contribution in [0.15, 0.2) is 54.9 Å². The van der Waals surface area contributed by atoms with Crippen LogP contribution < -0.4 is 5.32 Å². The molecule has 2 N–H and O–H groups in total. The minimum atomic E-state index is -0.796. The Balaban J connectivity index is 1.45. The molecule has 1 heterocycles. The Morgan fingerprint density at radius 2 is 2.00 bits per heavy atom. The molecule has 6 heteroatoms. The Bertz CT molecular complexity index is 862. The Hall–Kier alpha value is -2.57. The normalized spacial score (nSPS) is 20.5. The molecule has 0 fully saturated rings. The van der Waals surface area contributed by atoms with E-state index in [1.165, 1.54) is 5.56 Å². The molecule has 2 unspecified atom stereocenters. The zero-order valence-corrected chi connectivity index (χ0v) is 14.8. The third-order valence-corrected chi connectivity index (χ3v) is 5.26. The van der Waals surface area contributed by atoms with Gasteiger partial charge in [-0.15, -0.1) is 5.10 Å². The van der Waals surface area contributed by atoms with E-state index in [1.54, 1.807) is 11.0 Å². The third-order valence-electron chi connectivity index (χ3n) is 5.26. The van der Waals surface area contributed by atoms with Gasteiger partial charge in [0, 0.05) is 12.6 Å². The summed E-state index contributed by atoms with van der Waals surface area (Å²) in [6.45, 7) is 2.66. The fourth-order valence-electron chi connectivity index (χ4n) is 3.72. The average molecular weight is 349 g/mol. The van der Waals surface area contributed by atoms with Gasteiger partial charge in [-0.2, -0.15) is 0 Å². The van der Waals surface area contributed by atoms with E-state index in [0.29, 0.717) is 6.54 Å². The van der Waals surface area contributed by atoms with Gasteiger partial charge in [0.25, 0.3) is 0 Å². The van der Waals surface area contributed by atoms with Crippen LogP contribution in [0.1, 0.15) is 42.5 Å². The van der Waals surface area contributed by atoms with E-state index < -0.39 is 5.60 Å². The van der Waals surface area contributed by atoms with Gasteiger partial charge in [0.1, 0.15) is 11.9 Å². The van der Waals surface area contributed by atoms with E-state index in [4.69, 9.17) is 0 Å². The molecule has 4 rings (SSSR count). The number of hydrogen-bond acceptors (Lipinski definition) is 5. The molecule has 0 aliphatic heterocycles.